The van der Waals surface area contributed by atoms with Crippen LogP contribution in [0, 0.1) is 5.41 Å². The highest BCUT2D eigenvalue weighted by atomic mass is 32.2. The fourth-order valence-electron chi connectivity index (χ4n) is 3.18. The molecule has 4 heterocycles. The van der Waals surface area contributed by atoms with E-state index < -0.39 is 5.91 Å². The summed E-state index contributed by atoms with van der Waals surface area (Å²) in [5.74, 6) is 0.113. The highest BCUT2D eigenvalue weighted by Gasteiger charge is 2.34. The molecule has 2 aliphatic heterocycles. The number of hydrazone groups is 1. The lowest BCUT2D eigenvalue weighted by Gasteiger charge is -2.20. The standard InChI is InChI=1S/C21H17N7O3S2/c1-3-16-26-27-17(29)9-13(23-20(27)33-16)10-31-14-6-4-12(5-7-14)8-15-18(22)28-21(24-19(15)30)32-11(2)25-28/h4-9,22H,3,10H2,1-2H3/b15-8+,22-18?. The van der Waals surface area contributed by atoms with E-state index >= 15 is 0 Å². The van der Waals surface area contributed by atoms with Gasteiger partial charge < -0.3 is 4.74 Å². The van der Waals surface area contributed by atoms with E-state index in [0.29, 0.717) is 21.6 Å². The molecule has 5 rings (SSSR count). The lowest BCUT2D eigenvalue weighted by molar-refractivity contribution is -0.114. The first-order valence-electron chi connectivity index (χ1n) is 9.99. The molecule has 0 fully saturated rings. The molecule has 0 atom stereocenters. The number of hydrogen-bond acceptors (Lipinski definition) is 9. The number of aliphatic imine (C=N–C) groups is 1. The van der Waals surface area contributed by atoms with Gasteiger partial charge in [0.15, 0.2) is 5.84 Å². The maximum atomic E-state index is 12.4. The van der Waals surface area contributed by atoms with E-state index in [1.807, 2.05) is 6.92 Å². The Bertz CT molecular complexity index is 1450. The fraction of sp³-hybridized carbons (Fsp3) is 0.190. The van der Waals surface area contributed by atoms with Crippen LogP contribution in [0.2, 0.25) is 0 Å². The monoisotopic (exact) mass is 479 g/mol. The number of rotatable bonds is 5. The van der Waals surface area contributed by atoms with Gasteiger partial charge in [-0.3, -0.25) is 15.0 Å². The number of fused-ring (bicyclic) bond motifs is 2. The Morgan fingerprint density at radius 1 is 1.21 bits per heavy atom. The number of amidine groups is 2. The molecule has 2 aliphatic rings. The molecule has 12 heteroatoms. The number of nitrogens with zero attached hydrogens (tertiary/aromatic N) is 6. The van der Waals surface area contributed by atoms with Gasteiger partial charge in [0.1, 0.15) is 17.4 Å². The number of ether oxygens (including phenoxy) is 1. The van der Waals surface area contributed by atoms with Gasteiger partial charge in [0.2, 0.25) is 10.1 Å². The molecule has 0 bridgehead atoms. The quantitative estimate of drug-likeness (QED) is 0.558. The smallest absolute Gasteiger partial charge is 0.283 e. The van der Waals surface area contributed by atoms with Crippen LogP contribution in [-0.4, -0.2) is 41.6 Å². The highest BCUT2D eigenvalue weighted by molar-refractivity contribution is 8.26. The number of aromatic nitrogens is 3. The van der Waals surface area contributed by atoms with Crippen LogP contribution in [0.15, 0.2) is 50.8 Å². The van der Waals surface area contributed by atoms with E-state index in [1.165, 1.54) is 38.7 Å². The third-order valence-corrected chi connectivity index (χ3v) is 6.65. The lowest BCUT2D eigenvalue weighted by atomic mass is 10.1. The van der Waals surface area contributed by atoms with E-state index in [-0.39, 0.29) is 23.6 Å². The predicted octanol–water partition coefficient (Wildman–Crippen LogP) is 2.93. The van der Waals surface area contributed by atoms with Gasteiger partial charge >= 0.3 is 0 Å². The maximum absolute atomic E-state index is 12.4. The molecule has 1 amide bonds. The van der Waals surface area contributed by atoms with Crippen molar-refractivity contribution < 1.29 is 9.53 Å². The second-order valence-electron chi connectivity index (χ2n) is 7.13. The molecule has 166 valence electrons. The van der Waals surface area contributed by atoms with Crippen molar-refractivity contribution in [1.82, 2.24) is 19.6 Å². The summed E-state index contributed by atoms with van der Waals surface area (Å²) in [5, 5.41) is 20.1. The van der Waals surface area contributed by atoms with Crippen molar-refractivity contribution in [2.45, 2.75) is 26.9 Å². The molecule has 0 saturated heterocycles. The molecular formula is C21H17N7O3S2. The van der Waals surface area contributed by atoms with Crippen LogP contribution < -0.4 is 10.3 Å². The third kappa shape index (κ3) is 4.10. The molecule has 1 aromatic carbocycles. The minimum atomic E-state index is -0.467. The second-order valence-corrected chi connectivity index (χ2v) is 9.33. The van der Waals surface area contributed by atoms with Crippen molar-refractivity contribution >= 4 is 56.1 Å². The van der Waals surface area contributed by atoms with Crippen LogP contribution in [0.1, 0.15) is 30.1 Å². The van der Waals surface area contributed by atoms with Crippen LogP contribution in [0.5, 0.6) is 5.75 Å². The largest absolute Gasteiger partial charge is 0.487 e. The average Bonchev–Trinajstić information content (AvgIpc) is 3.39. The van der Waals surface area contributed by atoms with Gasteiger partial charge in [-0.25, -0.2) is 4.98 Å². The van der Waals surface area contributed by atoms with Gasteiger partial charge in [-0.05, 0) is 48.9 Å². The van der Waals surface area contributed by atoms with Gasteiger partial charge in [0.25, 0.3) is 11.5 Å². The van der Waals surface area contributed by atoms with E-state index in [4.69, 9.17) is 10.1 Å². The number of thioether (sulfide) groups is 1. The molecule has 0 spiro atoms. The summed E-state index contributed by atoms with van der Waals surface area (Å²) < 4.78 is 7.08. The van der Waals surface area contributed by atoms with Crippen LogP contribution >= 0.6 is 23.1 Å². The molecular weight excluding hydrogens is 462 g/mol. The first-order valence-corrected chi connectivity index (χ1v) is 11.6. The zero-order valence-corrected chi connectivity index (χ0v) is 19.2. The zero-order chi connectivity index (χ0) is 23.1. The van der Waals surface area contributed by atoms with Crippen LogP contribution in [0.4, 0.5) is 0 Å². The van der Waals surface area contributed by atoms with Gasteiger partial charge in [-0.15, -0.1) is 0 Å². The predicted molar refractivity (Wildman–Crippen MR) is 128 cm³/mol. The molecule has 0 saturated carbocycles. The van der Waals surface area contributed by atoms with E-state index in [9.17, 15) is 9.59 Å². The molecule has 0 radical (unpaired) electrons. The van der Waals surface area contributed by atoms with Gasteiger partial charge in [0, 0.05) is 6.07 Å². The topological polar surface area (TPSA) is 125 Å². The van der Waals surface area contributed by atoms with Crippen LogP contribution in [0.3, 0.4) is 0 Å². The molecule has 0 aliphatic carbocycles. The maximum Gasteiger partial charge on any atom is 0.283 e. The fourth-order valence-corrected chi connectivity index (χ4v) is 4.78. The Morgan fingerprint density at radius 2 is 2.00 bits per heavy atom. The van der Waals surface area contributed by atoms with Gasteiger partial charge in [0.05, 0.1) is 16.3 Å². The summed E-state index contributed by atoms with van der Waals surface area (Å²) in [4.78, 5) is 33.6. The normalized spacial score (nSPS) is 16.9. The Balaban J connectivity index is 1.30. The Kier molecular flexibility index (Phi) is 5.38. The first-order chi connectivity index (χ1) is 15.9. The molecule has 33 heavy (non-hydrogen) atoms. The van der Waals surface area contributed by atoms with Gasteiger partial charge in [-0.1, -0.05) is 30.4 Å². The first kappa shape index (κ1) is 21.2. The zero-order valence-electron chi connectivity index (χ0n) is 17.6. The average molecular weight is 480 g/mol. The summed E-state index contributed by atoms with van der Waals surface area (Å²) in [6, 6.07) is 8.47. The molecule has 2 aromatic heterocycles. The molecule has 1 N–H and O–H groups in total. The van der Waals surface area contributed by atoms with Crippen molar-refractivity contribution in [2.24, 2.45) is 10.1 Å². The Morgan fingerprint density at radius 3 is 2.76 bits per heavy atom. The number of amides is 1. The van der Waals surface area contributed by atoms with Crippen molar-refractivity contribution in [3.63, 3.8) is 0 Å². The van der Waals surface area contributed by atoms with E-state index in [2.05, 4.69) is 20.2 Å². The Labute approximate surface area is 195 Å². The number of carbonyl (C=O) groups excluding carboxylic acids is 1. The molecule has 3 aromatic rings. The number of nitrogens with one attached hydrogen (secondary N) is 1. The summed E-state index contributed by atoms with van der Waals surface area (Å²) in [6.07, 6.45) is 2.35. The SMILES string of the molecule is CCc1nn2c(=O)cc(COc3ccc(/C=C4\C(=N)N5N=C(C)SC5=NC4=O)cc3)nc2s1. The number of carbonyl (C=O) groups is 1. The highest BCUT2D eigenvalue weighted by Crippen LogP contribution is 2.28. The van der Waals surface area contributed by atoms with Crippen LogP contribution in [0.25, 0.3) is 11.0 Å². The van der Waals surface area contributed by atoms with Crippen LogP contribution in [-0.2, 0) is 17.8 Å². The van der Waals surface area contributed by atoms with Crippen molar-refractivity contribution in [2.75, 3.05) is 0 Å². The number of aryl methyl sites for hydroxylation is 1. The van der Waals surface area contributed by atoms with Crippen molar-refractivity contribution in [3.8, 4) is 5.75 Å². The summed E-state index contributed by atoms with van der Waals surface area (Å²) >= 11 is 2.65. The second kappa shape index (κ2) is 8.37. The molecule has 10 nitrogen and oxygen atoms in total. The summed E-state index contributed by atoms with van der Waals surface area (Å²) in [6.45, 7) is 3.91. The minimum absolute atomic E-state index is 0.00303. The summed E-state index contributed by atoms with van der Waals surface area (Å²) in [5.41, 5.74) is 1.17. The van der Waals surface area contributed by atoms with E-state index in [0.717, 1.165) is 22.0 Å². The minimum Gasteiger partial charge on any atom is -0.487 e. The Hall–Kier alpha value is -3.64. The molecule has 0 unspecified atom stereocenters. The lowest BCUT2D eigenvalue weighted by Crippen LogP contribution is -2.35. The number of hydrogen-bond donors (Lipinski definition) is 1. The van der Waals surface area contributed by atoms with Crippen molar-refractivity contribution in [3.05, 3.63) is 62.5 Å². The number of benzene rings is 1. The van der Waals surface area contributed by atoms with E-state index in [1.54, 1.807) is 37.3 Å². The van der Waals surface area contributed by atoms with Crippen molar-refractivity contribution in [1.29, 1.82) is 5.41 Å². The van der Waals surface area contributed by atoms with Gasteiger partial charge in [-0.2, -0.15) is 24.7 Å². The third-order valence-electron chi connectivity index (χ3n) is 4.78. The summed E-state index contributed by atoms with van der Waals surface area (Å²) in [7, 11) is 0.